The Morgan fingerprint density at radius 3 is 2.48 bits per heavy atom. The molecule has 0 aromatic heterocycles. The lowest BCUT2D eigenvalue weighted by molar-refractivity contribution is -0.118. The van der Waals surface area contributed by atoms with E-state index in [9.17, 15) is 9.59 Å². The zero-order valence-electron chi connectivity index (χ0n) is 14.9. The Balaban J connectivity index is 0.00000312. The van der Waals surface area contributed by atoms with E-state index in [4.69, 9.17) is 10.5 Å². The fraction of sp³-hybridized carbons (Fsp3) is 0.556. The normalized spacial score (nSPS) is 15.6. The number of ether oxygens (including phenoxy) is 1. The first-order chi connectivity index (χ1) is 11.5. The average molecular weight is 370 g/mol. The maximum atomic E-state index is 12.5. The van der Waals surface area contributed by atoms with Gasteiger partial charge in [0, 0.05) is 13.5 Å². The molecule has 0 atom stereocenters. The number of anilines is 1. The molecule has 2 amide bonds. The van der Waals surface area contributed by atoms with Crippen molar-refractivity contribution in [1.29, 1.82) is 0 Å². The second-order valence-corrected chi connectivity index (χ2v) is 6.48. The SMILES string of the molecule is CNC(=O)c1cc(OC)ccc1NC(=O)CC1(CN)CCCCC1.Cl. The van der Waals surface area contributed by atoms with E-state index in [1.165, 1.54) is 13.5 Å². The van der Waals surface area contributed by atoms with Crippen LogP contribution < -0.4 is 21.1 Å². The van der Waals surface area contributed by atoms with Gasteiger partial charge in [-0.15, -0.1) is 12.4 Å². The van der Waals surface area contributed by atoms with Gasteiger partial charge in [-0.1, -0.05) is 19.3 Å². The Labute approximate surface area is 155 Å². The molecule has 7 heteroatoms. The molecule has 1 fully saturated rings. The van der Waals surface area contributed by atoms with E-state index in [2.05, 4.69) is 10.6 Å². The summed E-state index contributed by atoms with van der Waals surface area (Å²) < 4.78 is 5.16. The number of hydrogen-bond acceptors (Lipinski definition) is 4. The van der Waals surface area contributed by atoms with Crippen molar-refractivity contribution in [2.45, 2.75) is 38.5 Å². The molecule has 0 unspecified atom stereocenters. The summed E-state index contributed by atoms with van der Waals surface area (Å²) in [6, 6.07) is 5.03. The predicted molar refractivity (Wildman–Crippen MR) is 101 cm³/mol. The van der Waals surface area contributed by atoms with Crippen LogP contribution >= 0.6 is 12.4 Å². The molecule has 25 heavy (non-hydrogen) atoms. The minimum absolute atomic E-state index is 0. The number of carbonyl (C=O) groups is 2. The molecule has 140 valence electrons. The average Bonchev–Trinajstić information content (AvgIpc) is 2.62. The lowest BCUT2D eigenvalue weighted by Crippen LogP contribution is -2.36. The molecule has 1 saturated carbocycles. The molecule has 0 bridgehead atoms. The Morgan fingerprint density at radius 1 is 1.24 bits per heavy atom. The quantitative estimate of drug-likeness (QED) is 0.718. The Morgan fingerprint density at radius 2 is 1.92 bits per heavy atom. The Kier molecular flexibility index (Phi) is 8.19. The number of amides is 2. The van der Waals surface area contributed by atoms with Gasteiger partial charge in [-0.05, 0) is 43.0 Å². The molecule has 0 heterocycles. The molecular formula is C18H28ClN3O3. The lowest BCUT2D eigenvalue weighted by Gasteiger charge is -2.35. The summed E-state index contributed by atoms with van der Waals surface area (Å²) in [5.74, 6) is 0.199. The summed E-state index contributed by atoms with van der Waals surface area (Å²) in [5, 5.41) is 5.45. The van der Waals surface area contributed by atoms with Crippen LogP contribution in [0, 0.1) is 5.41 Å². The highest BCUT2D eigenvalue weighted by atomic mass is 35.5. The van der Waals surface area contributed by atoms with Crippen molar-refractivity contribution in [3.8, 4) is 5.75 Å². The Hall–Kier alpha value is -1.79. The van der Waals surface area contributed by atoms with E-state index in [-0.39, 0.29) is 29.6 Å². The largest absolute Gasteiger partial charge is 0.497 e. The van der Waals surface area contributed by atoms with Gasteiger partial charge >= 0.3 is 0 Å². The maximum Gasteiger partial charge on any atom is 0.253 e. The third kappa shape index (κ3) is 5.34. The van der Waals surface area contributed by atoms with E-state index in [0.29, 0.717) is 30.0 Å². The van der Waals surface area contributed by atoms with Crippen molar-refractivity contribution in [3.05, 3.63) is 23.8 Å². The molecule has 0 aliphatic heterocycles. The highest BCUT2D eigenvalue weighted by molar-refractivity contribution is 6.04. The van der Waals surface area contributed by atoms with Crippen LogP contribution in [0.5, 0.6) is 5.75 Å². The third-order valence-electron chi connectivity index (χ3n) is 4.86. The number of nitrogens with two attached hydrogens (primary N) is 1. The van der Waals surface area contributed by atoms with Crippen LogP contribution in [0.2, 0.25) is 0 Å². The smallest absolute Gasteiger partial charge is 0.253 e. The first-order valence-electron chi connectivity index (χ1n) is 8.43. The first-order valence-corrected chi connectivity index (χ1v) is 8.43. The van der Waals surface area contributed by atoms with Crippen LogP contribution in [0.15, 0.2) is 18.2 Å². The topological polar surface area (TPSA) is 93.5 Å². The van der Waals surface area contributed by atoms with Gasteiger partial charge in [-0.25, -0.2) is 0 Å². The maximum absolute atomic E-state index is 12.5. The summed E-state index contributed by atoms with van der Waals surface area (Å²) in [5.41, 5.74) is 6.72. The van der Waals surface area contributed by atoms with Gasteiger partial charge in [-0.3, -0.25) is 9.59 Å². The van der Waals surface area contributed by atoms with Gasteiger partial charge in [0.2, 0.25) is 5.91 Å². The summed E-state index contributed by atoms with van der Waals surface area (Å²) in [6.07, 6.45) is 5.82. The van der Waals surface area contributed by atoms with Crippen LogP contribution in [0.1, 0.15) is 48.9 Å². The fourth-order valence-electron chi connectivity index (χ4n) is 3.37. The minimum Gasteiger partial charge on any atom is -0.497 e. The summed E-state index contributed by atoms with van der Waals surface area (Å²) in [4.78, 5) is 24.6. The van der Waals surface area contributed by atoms with E-state index in [1.807, 2.05) is 0 Å². The highest BCUT2D eigenvalue weighted by Gasteiger charge is 2.33. The van der Waals surface area contributed by atoms with Crippen molar-refractivity contribution in [1.82, 2.24) is 5.32 Å². The summed E-state index contributed by atoms with van der Waals surface area (Å²) in [7, 11) is 3.09. The zero-order chi connectivity index (χ0) is 17.6. The van der Waals surface area contributed by atoms with Crippen LogP contribution in [0.4, 0.5) is 5.69 Å². The van der Waals surface area contributed by atoms with Crippen molar-refractivity contribution in [2.75, 3.05) is 26.0 Å². The highest BCUT2D eigenvalue weighted by Crippen LogP contribution is 2.38. The number of carbonyl (C=O) groups excluding carboxylic acids is 2. The van der Waals surface area contributed by atoms with Crippen LogP contribution in [0.3, 0.4) is 0 Å². The van der Waals surface area contributed by atoms with Crippen LogP contribution in [-0.2, 0) is 4.79 Å². The van der Waals surface area contributed by atoms with Gasteiger partial charge in [0.25, 0.3) is 5.91 Å². The standard InChI is InChI=1S/C18H27N3O3.ClH/c1-20-17(23)14-10-13(24-2)6-7-15(14)21-16(22)11-18(12-19)8-4-3-5-9-18;/h6-7,10H,3-5,8-9,11-12,19H2,1-2H3,(H,20,23)(H,21,22);1H. The second kappa shape index (κ2) is 9.63. The molecule has 6 nitrogen and oxygen atoms in total. The van der Waals surface area contributed by atoms with Gasteiger partial charge in [0.15, 0.2) is 0 Å². The molecule has 0 radical (unpaired) electrons. The van der Waals surface area contributed by atoms with Crippen molar-refractivity contribution in [2.24, 2.45) is 11.1 Å². The molecule has 1 aromatic rings. The number of rotatable bonds is 6. The number of halogens is 1. The number of nitrogens with one attached hydrogen (secondary N) is 2. The number of benzene rings is 1. The van der Waals surface area contributed by atoms with E-state index in [1.54, 1.807) is 25.2 Å². The monoisotopic (exact) mass is 369 g/mol. The van der Waals surface area contributed by atoms with E-state index in [0.717, 1.165) is 25.7 Å². The number of methoxy groups -OCH3 is 1. The molecule has 0 spiro atoms. The fourth-order valence-corrected chi connectivity index (χ4v) is 3.37. The van der Waals surface area contributed by atoms with Gasteiger partial charge < -0.3 is 21.1 Å². The van der Waals surface area contributed by atoms with E-state index >= 15 is 0 Å². The van der Waals surface area contributed by atoms with Crippen molar-refractivity contribution in [3.63, 3.8) is 0 Å². The molecule has 4 N–H and O–H groups in total. The zero-order valence-corrected chi connectivity index (χ0v) is 15.7. The van der Waals surface area contributed by atoms with Crippen LogP contribution in [-0.4, -0.2) is 32.5 Å². The number of hydrogen-bond donors (Lipinski definition) is 3. The molecule has 1 aliphatic carbocycles. The summed E-state index contributed by atoms with van der Waals surface area (Å²) >= 11 is 0. The molecule has 0 saturated heterocycles. The first kappa shape index (κ1) is 21.3. The van der Waals surface area contributed by atoms with Gasteiger partial charge in [-0.2, -0.15) is 0 Å². The Bertz CT molecular complexity index is 601. The van der Waals surface area contributed by atoms with Crippen molar-refractivity contribution < 1.29 is 14.3 Å². The molecule has 1 aromatic carbocycles. The molecule has 2 rings (SSSR count). The lowest BCUT2D eigenvalue weighted by atomic mass is 9.71. The predicted octanol–water partition coefficient (Wildman–Crippen LogP) is 2.71. The molecular weight excluding hydrogens is 342 g/mol. The second-order valence-electron chi connectivity index (χ2n) is 6.48. The van der Waals surface area contributed by atoms with Crippen molar-refractivity contribution >= 4 is 29.9 Å². The van der Waals surface area contributed by atoms with Crippen LogP contribution in [0.25, 0.3) is 0 Å². The van der Waals surface area contributed by atoms with E-state index < -0.39 is 0 Å². The minimum atomic E-state index is -0.268. The molecule has 1 aliphatic rings. The van der Waals surface area contributed by atoms with Gasteiger partial charge in [0.05, 0.1) is 18.4 Å². The third-order valence-corrected chi connectivity index (χ3v) is 4.86. The van der Waals surface area contributed by atoms with Gasteiger partial charge in [0.1, 0.15) is 5.75 Å². The summed E-state index contributed by atoms with van der Waals surface area (Å²) in [6.45, 7) is 0.519.